The van der Waals surface area contributed by atoms with Gasteiger partial charge in [-0.1, -0.05) is 117 Å². The molecule has 44 nitrogen and oxygen atoms in total. The van der Waals surface area contributed by atoms with Crippen molar-refractivity contribution in [1.82, 2.24) is 90.5 Å². The Kier molecular flexibility index (Phi) is 69.7. The molecule has 0 heterocycles. The van der Waals surface area contributed by atoms with Crippen LogP contribution in [0.2, 0.25) is 0 Å². The highest BCUT2D eigenvalue weighted by Gasteiger charge is 2.40. The molecule has 141 heavy (non-hydrogen) atoms. The third kappa shape index (κ3) is 59.7. The average Bonchev–Trinajstić information content (AvgIpc) is 0.839. The topological polar surface area (TPSA) is 740 Å². The average molecular weight is 2010 g/mol. The van der Waals surface area contributed by atoms with E-state index in [4.69, 9.17) is 46.0 Å². The molecule has 0 saturated heterocycles. The molecule has 0 rings (SSSR count). The van der Waals surface area contributed by atoms with E-state index in [9.17, 15) is 91.4 Å². The molecular formula is C97H185N25O19. The first-order valence-corrected chi connectivity index (χ1v) is 51.5. The van der Waals surface area contributed by atoms with Gasteiger partial charge in [-0.05, 0) is 273 Å². The van der Waals surface area contributed by atoms with Gasteiger partial charge in [0.15, 0.2) is 0 Å². The van der Waals surface area contributed by atoms with Crippen molar-refractivity contribution in [1.29, 1.82) is 0 Å². The Labute approximate surface area is 837 Å². The second kappa shape index (κ2) is 75.0. The summed E-state index contributed by atoms with van der Waals surface area (Å²) in [5.74, 6) is -10.5. The number of unbranched alkanes of at least 4 members (excludes halogenated alkanes) is 8. The highest BCUT2D eigenvalue weighted by Crippen LogP contribution is 2.20. The lowest BCUT2D eigenvalue weighted by Gasteiger charge is -2.30. The first-order valence-electron chi connectivity index (χ1n) is 51.5. The van der Waals surface area contributed by atoms with Crippen molar-refractivity contribution in [3.63, 3.8) is 0 Å². The van der Waals surface area contributed by atoms with Crippen molar-refractivity contribution in [3.05, 3.63) is 0 Å². The molecule has 0 unspecified atom stereocenters. The minimum Gasteiger partial charge on any atom is -0.481 e. The van der Waals surface area contributed by atoms with Crippen molar-refractivity contribution in [2.24, 2.45) is 93.3 Å². The third-order valence-electron chi connectivity index (χ3n) is 23.2. The minimum absolute atomic E-state index is 0.00264. The van der Waals surface area contributed by atoms with Gasteiger partial charge in [0, 0.05) is 19.4 Å². The van der Waals surface area contributed by atoms with E-state index >= 15 is 0 Å². The van der Waals surface area contributed by atoms with E-state index in [1.165, 1.54) is 0 Å². The van der Waals surface area contributed by atoms with Crippen molar-refractivity contribution < 1.29 is 91.4 Å². The second-order valence-corrected chi connectivity index (χ2v) is 40.6. The summed E-state index contributed by atoms with van der Waals surface area (Å²) >= 11 is 0. The number of carboxylic acid groups (broad SMARTS) is 1. The SMILES string of the molecule is CC(C)C[C@H](NC(=O)[C@H](CCCCN)NC(=O)[C@H](CC(C)C)NC(=O)[C@H](CC(C)C)NC(=O)[C@H](CCC(=O)O)NC(=O)[C@H](CCCCN)NC(=O)[C@H](CC(C)C)NC(=O)[C@H](CC(C)C)NC(=O)[C@H](CCCCN)NC(=O)[C@H](CC(C)C)NC(=O)[C@H](CC(C)C)NC(=O)[C@H](CCCCN)NC(=O)[C@H](CCCCN)NC(=O)[C@@H](N)CC(C)C)C(=O)N[C@@H](CCCCN)C(=O)NCC(=O)NCCCCCC(=O)NN. The lowest BCUT2D eigenvalue weighted by Crippen LogP contribution is -2.61. The lowest BCUT2D eigenvalue weighted by molar-refractivity contribution is -0.139. The molecule has 0 fully saturated rings. The van der Waals surface area contributed by atoms with E-state index in [2.05, 4.69) is 90.5 Å². The fraction of sp³-hybridized carbons (Fsp3) is 0.814. The van der Waals surface area contributed by atoms with Crippen LogP contribution in [-0.4, -0.2) is 254 Å². The smallest absolute Gasteiger partial charge is 0.303 e. The van der Waals surface area contributed by atoms with E-state index in [0.717, 1.165) is 0 Å². The first kappa shape index (κ1) is 131. The minimum atomic E-state index is -1.68. The Bertz CT molecular complexity index is 3770. The molecule has 34 N–H and O–H groups in total. The van der Waals surface area contributed by atoms with Gasteiger partial charge >= 0.3 is 5.97 Å². The summed E-state index contributed by atoms with van der Waals surface area (Å²) in [7, 11) is 0. The fourth-order valence-electron chi connectivity index (χ4n) is 15.7. The summed E-state index contributed by atoms with van der Waals surface area (Å²) in [4.78, 5) is 255. The first-order chi connectivity index (χ1) is 66.5. The van der Waals surface area contributed by atoms with Gasteiger partial charge < -0.3 is 130 Å². The van der Waals surface area contributed by atoms with Crippen LogP contribution in [0.15, 0.2) is 0 Å². The molecule has 0 spiro atoms. The maximum atomic E-state index is 14.9. The van der Waals surface area contributed by atoms with Crippen LogP contribution in [0.3, 0.4) is 0 Å². The van der Waals surface area contributed by atoms with Crippen LogP contribution in [0.4, 0.5) is 0 Å². The maximum absolute atomic E-state index is 14.9. The largest absolute Gasteiger partial charge is 0.481 e. The van der Waals surface area contributed by atoms with Crippen LogP contribution in [0.5, 0.6) is 0 Å². The fourth-order valence-corrected chi connectivity index (χ4v) is 15.7. The number of aliphatic carboxylic acids is 1. The summed E-state index contributed by atoms with van der Waals surface area (Å²) in [6.45, 7) is 30.3. The molecule has 44 heteroatoms. The highest BCUT2D eigenvalue weighted by molar-refractivity contribution is 6.01. The van der Waals surface area contributed by atoms with Gasteiger partial charge in [-0.25, -0.2) is 5.84 Å². The molecule has 812 valence electrons. The van der Waals surface area contributed by atoms with Gasteiger partial charge in [-0.15, -0.1) is 0 Å². The Morgan fingerprint density at radius 3 is 0.617 bits per heavy atom. The van der Waals surface area contributed by atoms with E-state index in [-0.39, 0.29) is 182 Å². The molecule has 0 aromatic rings. The standard InChI is InChI=1S/C97H185N25O19/c1-57(2)48-65(104)83(127)108-67(33-20-26-42-99)85(129)110-69(35-22-28-44-101)87(131)116-77(53-62(11)12)95(139)120-75(51-60(7)8)93(137)113-71(37-24-30-46-103)89(133)117-78(54-63(13)14)96(140)119-74(50-59(5)6)92(136)111-68(34-21-27-43-100)86(130)114-72(39-40-82(125)126)90(134)118-79(55-64(15)16)97(141)121-76(52-61(9)10)94(138)112-70(36-23-29-45-102)88(132)115-73(49-58(3)4)91(135)109-66(32-19-25-41-98)84(128)107-56-81(124)106-47-31-17-18-38-80(123)122-105/h57-79H,17-56,98-105H2,1-16H3,(H,106,124)(H,107,128)(H,108,127)(H,109,135)(H,110,129)(H,111,136)(H,112,138)(H,113,137)(H,114,130)(H,115,132)(H,116,131)(H,117,133)(H,118,134)(H,119,140)(H,120,139)(H,121,141)(H,122,123)(H,125,126)/t65-,66-,67-,68-,69-,70-,71-,72-,73-,74-,75-,76-,77-,78-,79-/m0/s1. The molecular weight excluding hydrogens is 1820 g/mol. The Balaban J connectivity index is 7.44. The number of amides is 17. The number of hydrogen-bond acceptors (Lipinski definition) is 26. The van der Waals surface area contributed by atoms with Gasteiger partial charge in [0.05, 0.1) is 12.6 Å². The van der Waals surface area contributed by atoms with E-state index in [1.54, 1.807) is 55.4 Å². The van der Waals surface area contributed by atoms with E-state index in [1.807, 2.05) is 55.4 Å². The van der Waals surface area contributed by atoms with Gasteiger partial charge in [0.2, 0.25) is 100 Å². The van der Waals surface area contributed by atoms with E-state index < -0.39 is 210 Å². The predicted molar refractivity (Wildman–Crippen MR) is 542 cm³/mol. The van der Waals surface area contributed by atoms with Crippen LogP contribution in [0, 0.1) is 47.3 Å². The Hall–Kier alpha value is -9.86. The monoisotopic (exact) mass is 2000 g/mol. The number of nitrogens with two attached hydrogens (primary N) is 8. The molecule has 0 aromatic heterocycles. The molecule has 0 radical (unpaired) electrons. The number of rotatable bonds is 80. The van der Waals surface area contributed by atoms with Crippen molar-refractivity contribution in [3.8, 4) is 0 Å². The summed E-state index contributed by atoms with van der Waals surface area (Å²) in [5.41, 5.74) is 43.5. The van der Waals surface area contributed by atoms with Crippen LogP contribution >= 0.6 is 0 Å². The van der Waals surface area contributed by atoms with E-state index in [0.29, 0.717) is 109 Å². The summed E-state index contributed by atoms with van der Waals surface area (Å²) < 4.78 is 0. The zero-order valence-corrected chi connectivity index (χ0v) is 87.5. The third-order valence-corrected chi connectivity index (χ3v) is 23.2. The zero-order valence-electron chi connectivity index (χ0n) is 87.5. The zero-order chi connectivity index (χ0) is 107. The van der Waals surface area contributed by atoms with Gasteiger partial charge in [-0.3, -0.25) is 91.7 Å². The normalized spacial score (nSPS) is 14.7. The Morgan fingerprint density at radius 2 is 0.411 bits per heavy atom. The number of carbonyl (C=O) groups excluding carboxylic acids is 17. The van der Waals surface area contributed by atoms with Crippen molar-refractivity contribution >= 4 is 106 Å². The molecule has 0 saturated carbocycles. The Morgan fingerprint density at radius 1 is 0.213 bits per heavy atom. The van der Waals surface area contributed by atoms with Crippen molar-refractivity contribution in [2.45, 2.75) is 407 Å². The second-order valence-electron chi connectivity index (χ2n) is 40.6. The number of carboxylic acids is 1. The number of nitrogens with one attached hydrogen (secondary N) is 17. The van der Waals surface area contributed by atoms with Crippen LogP contribution in [0.1, 0.15) is 316 Å². The van der Waals surface area contributed by atoms with Gasteiger partial charge in [0.25, 0.3) is 0 Å². The number of carbonyl (C=O) groups is 18. The molecule has 0 bridgehead atoms. The summed E-state index contributed by atoms with van der Waals surface area (Å²) in [5, 5.41) is 54.1. The maximum Gasteiger partial charge on any atom is 0.303 e. The number of hydrazine groups is 1. The van der Waals surface area contributed by atoms with Gasteiger partial charge in [-0.2, -0.15) is 0 Å². The predicted octanol–water partition coefficient (Wildman–Crippen LogP) is -0.109. The summed E-state index contributed by atoms with van der Waals surface area (Å²) in [6.07, 6.45) is 6.47. The number of hydrogen-bond donors (Lipinski definition) is 26. The summed E-state index contributed by atoms with van der Waals surface area (Å²) in [6, 6.07) is -19.5. The van der Waals surface area contributed by atoms with Crippen molar-refractivity contribution in [2.75, 3.05) is 52.4 Å². The molecule has 0 aliphatic heterocycles. The van der Waals surface area contributed by atoms with Crippen LogP contribution < -0.4 is 136 Å². The highest BCUT2D eigenvalue weighted by atomic mass is 16.4. The molecule has 17 amide bonds. The lowest BCUT2D eigenvalue weighted by atomic mass is 9.98. The quantitative estimate of drug-likeness (QED) is 0.0163. The molecule has 0 aliphatic rings. The van der Waals surface area contributed by atoms with Crippen LogP contribution in [-0.2, 0) is 86.3 Å². The molecule has 15 atom stereocenters. The van der Waals surface area contributed by atoms with Crippen LogP contribution in [0.25, 0.3) is 0 Å². The molecule has 0 aliphatic carbocycles. The molecule has 0 aromatic carbocycles. The van der Waals surface area contributed by atoms with Gasteiger partial charge in [0.1, 0.15) is 84.6 Å².